The molecule has 2 atom stereocenters. The van der Waals surface area contributed by atoms with E-state index in [1.165, 1.54) is 0 Å². The number of carbonyl (C=O) groups is 2. The van der Waals surface area contributed by atoms with Gasteiger partial charge in [0.1, 0.15) is 0 Å². The smallest absolute Gasteiger partial charge is 0.316 e. The predicted molar refractivity (Wildman–Crippen MR) is 88.2 cm³/mol. The third kappa shape index (κ3) is 3.74. The highest BCUT2D eigenvalue weighted by molar-refractivity contribution is 6.39. The van der Waals surface area contributed by atoms with Gasteiger partial charge in [-0.1, -0.05) is 24.3 Å². The highest BCUT2D eigenvalue weighted by atomic mass is 16.5. The Bertz CT molecular complexity index is 799. The number of rotatable bonds is 3. The summed E-state index contributed by atoms with van der Waals surface area (Å²) in [6.07, 6.45) is 2.46. The van der Waals surface area contributed by atoms with Gasteiger partial charge in [-0.05, 0) is 29.1 Å². The van der Waals surface area contributed by atoms with Crippen molar-refractivity contribution in [1.82, 2.24) is 15.5 Å². The Labute approximate surface area is 142 Å². The fourth-order valence-electron chi connectivity index (χ4n) is 2.84. The van der Waals surface area contributed by atoms with Gasteiger partial charge < -0.3 is 21.3 Å². The van der Waals surface area contributed by atoms with Crippen molar-refractivity contribution < 1.29 is 14.1 Å². The predicted octanol–water partition coefficient (Wildman–Crippen LogP) is -0.546. The number of nitrogens with one attached hydrogen (secondary N) is 2. The van der Waals surface area contributed by atoms with E-state index in [1.807, 2.05) is 24.3 Å². The third-order valence-electron chi connectivity index (χ3n) is 3.88. The third-order valence-corrected chi connectivity index (χ3v) is 3.88. The first-order valence-electron chi connectivity index (χ1n) is 7.59. The number of hydrogen-bond donors (Lipinski definition) is 4. The van der Waals surface area contributed by atoms with Crippen molar-refractivity contribution in [3.63, 3.8) is 0 Å². The number of amides is 2. The molecule has 10 heteroatoms. The molecule has 0 spiro atoms. The van der Waals surface area contributed by atoms with Gasteiger partial charge in [-0.2, -0.15) is 4.98 Å². The minimum Gasteiger partial charge on any atom is -0.370 e. The molecular weight excluding hydrogens is 326 g/mol. The monoisotopic (exact) mass is 343 g/mol. The minimum absolute atomic E-state index is 0.0696. The SMILES string of the molecule is NC(N)=N[C@H]1CCc2ccccc2[C@@H]1NC(=O)C(=O)Nc1ncon1. The number of aliphatic imine (C=N–C) groups is 1. The molecule has 0 bridgehead atoms. The molecule has 1 aromatic carbocycles. The lowest BCUT2D eigenvalue weighted by molar-refractivity contribution is -0.136. The number of hydrogen-bond acceptors (Lipinski definition) is 6. The lowest BCUT2D eigenvalue weighted by Crippen LogP contribution is -2.44. The molecule has 6 N–H and O–H groups in total. The molecule has 0 aliphatic heterocycles. The van der Waals surface area contributed by atoms with Crippen molar-refractivity contribution in [3.05, 3.63) is 41.8 Å². The van der Waals surface area contributed by atoms with Crippen LogP contribution in [0.1, 0.15) is 23.6 Å². The molecule has 1 heterocycles. The molecule has 0 saturated heterocycles. The van der Waals surface area contributed by atoms with Crippen LogP contribution in [-0.4, -0.2) is 34.0 Å². The lowest BCUT2D eigenvalue weighted by atomic mass is 9.84. The number of anilines is 1. The zero-order valence-electron chi connectivity index (χ0n) is 13.2. The topological polar surface area (TPSA) is 162 Å². The van der Waals surface area contributed by atoms with E-state index in [4.69, 9.17) is 11.5 Å². The first kappa shape index (κ1) is 16.4. The highest BCUT2D eigenvalue weighted by Crippen LogP contribution is 2.31. The van der Waals surface area contributed by atoms with Gasteiger partial charge in [0.05, 0.1) is 12.1 Å². The van der Waals surface area contributed by atoms with Crippen LogP contribution < -0.4 is 22.1 Å². The van der Waals surface area contributed by atoms with E-state index in [-0.39, 0.29) is 17.9 Å². The molecule has 1 aliphatic carbocycles. The van der Waals surface area contributed by atoms with Crippen LogP contribution in [-0.2, 0) is 16.0 Å². The fraction of sp³-hybridized carbons (Fsp3) is 0.267. The summed E-state index contributed by atoms with van der Waals surface area (Å²) in [5, 5.41) is 8.35. The molecule has 10 nitrogen and oxygen atoms in total. The highest BCUT2D eigenvalue weighted by Gasteiger charge is 2.32. The van der Waals surface area contributed by atoms with Gasteiger partial charge in [-0.15, -0.1) is 0 Å². The molecule has 1 aromatic heterocycles. The number of nitrogens with zero attached hydrogens (tertiary/aromatic N) is 3. The van der Waals surface area contributed by atoms with Crippen LogP contribution in [0.3, 0.4) is 0 Å². The standard InChI is InChI=1S/C15H17N7O3/c16-14(17)19-10-6-5-8-3-1-2-4-9(8)11(10)20-12(23)13(24)21-15-18-7-25-22-15/h1-4,7,10-11H,5-6H2,(H,20,23)(H4,16,17,19)(H,21,22,24)/t10-,11-/m0/s1. The summed E-state index contributed by atoms with van der Waals surface area (Å²) in [4.78, 5) is 32.1. The molecule has 130 valence electrons. The molecule has 2 aromatic rings. The van der Waals surface area contributed by atoms with Crippen molar-refractivity contribution in [3.8, 4) is 0 Å². The van der Waals surface area contributed by atoms with E-state index >= 15 is 0 Å². The Morgan fingerprint density at radius 1 is 1.24 bits per heavy atom. The zero-order chi connectivity index (χ0) is 17.8. The van der Waals surface area contributed by atoms with Crippen molar-refractivity contribution in [2.24, 2.45) is 16.5 Å². The molecule has 25 heavy (non-hydrogen) atoms. The maximum atomic E-state index is 12.3. The van der Waals surface area contributed by atoms with Gasteiger partial charge in [0.15, 0.2) is 5.96 Å². The average molecular weight is 343 g/mol. The van der Waals surface area contributed by atoms with Crippen LogP contribution in [0.15, 0.2) is 40.2 Å². The Morgan fingerprint density at radius 2 is 2.04 bits per heavy atom. The number of aryl methyl sites for hydroxylation is 1. The Morgan fingerprint density at radius 3 is 2.76 bits per heavy atom. The number of benzene rings is 1. The van der Waals surface area contributed by atoms with E-state index in [1.54, 1.807) is 0 Å². The lowest BCUT2D eigenvalue weighted by Gasteiger charge is -2.31. The van der Waals surface area contributed by atoms with Crippen molar-refractivity contribution in [2.75, 3.05) is 5.32 Å². The molecular formula is C15H17N7O3. The number of fused-ring (bicyclic) bond motifs is 1. The summed E-state index contributed by atoms with van der Waals surface area (Å²) in [5.41, 5.74) is 12.9. The zero-order valence-corrected chi connectivity index (χ0v) is 13.2. The van der Waals surface area contributed by atoms with Crippen molar-refractivity contribution in [2.45, 2.75) is 24.9 Å². The number of carbonyl (C=O) groups excluding carboxylic acids is 2. The van der Waals surface area contributed by atoms with Crippen LogP contribution in [0.4, 0.5) is 5.95 Å². The van der Waals surface area contributed by atoms with Crippen molar-refractivity contribution >= 4 is 23.7 Å². The number of guanidine groups is 1. The Kier molecular flexibility index (Phi) is 4.59. The maximum Gasteiger partial charge on any atom is 0.316 e. The van der Waals surface area contributed by atoms with Gasteiger partial charge in [-0.25, -0.2) is 4.99 Å². The largest absolute Gasteiger partial charge is 0.370 e. The molecule has 3 rings (SSSR count). The van der Waals surface area contributed by atoms with Crippen molar-refractivity contribution in [1.29, 1.82) is 0 Å². The molecule has 0 saturated carbocycles. The molecule has 2 amide bonds. The molecule has 0 unspecified atom stereocenters. The number of aromatic nitrogens is 2. The summed E-state index contributed by atoms with van der Waals surface area (Å²) < 4.78 is 4.50. The second-order valence-corrected chi connectivity index (χ2v) is 5.52. The van der Waals surface area contributed by atoms with E-state index in [0.29, 0.717) is 6.42 Å². The Hall–Kier alpha value is -3.43. The van der Waals surface area contributed by atoms with Crippen LogP contribution in [0.25, 0.3) is 0 Å². The van der Waals surface area contributed by atoms with E-state index in [2.05, 4.69) is 30.3 Å². The molecule has 0 fully saturated rings. The minimum atomic E-state index is -0.909. The summed E-state index contributed by atoms with van der Waals surface area (Å²) in [6.45, 7) is 0. The fourth-order valence-corrected chi connectivity index (χ4v) is 2.84. The van der Waals surface area contributed by atoms with E-state index < -0.39 is 17.9 Å². The van der Waals surface area contributed by atoms with Crippen LogP contribution in [0.2, 0.25) is 0 Å². The first-order chi connectivity index (χ1) is 12.0. The molecule has 0 radical (unpaired) electrons. The van der Waals surface area contributed by atoms with Gasteiger partial charge in [0, 0.05) is 0 Å². The summed E-state index contributed by atoms with van der Waals surface area (Å²) in [6, 6.07) is 6.75. The summed E-state index contributed by atoms with van der Waals surface area (Å²) >= 11 is 0. The summed E-state index contributed by atoms with van der Waals surface area (Å²) in [7, 11) is 0. The van der Waals surface area contributed by atoms with Crippen LogP contribution >= 0.6 is 0 Å². The number of nitrogens with two attached hydrogens (primary N) is 2. The van der Waals surface area contributed by atoms with Gasteiger partial charge in [-0.3, -0.25) is 14.9 Å². The van der Waals surface area contributed by atoms with Gasteiger partial charge >= 0.3 is 11.8 Å². The quantitative estimate of drug-likeness (QED) is 0.330. The summed E-state index contributed by atoms with van der Waals surface area (Å²) in [5.74, 6) is -1.92. The Balaban J connectivity index is 1.80. The maximum absolute atomic E-state index is 12.3. The second-order valence-electron chi connectivity index (χ2n) is 5.52. The van der Waals surface area contributed by atoms with Crippen LogP contribution in [0, 0.1) is 0 Å². The average Bonchev–Trinajstić information content (AvgIpc) is 3.09. The molecule has 1 aliphatic rings. The van der Waals surface area contributed by atoms with Crippen LogP contribution in [0.5, 0.6) is 0 Å². The van der Waals surface area contributed by atoms with E-state index in [0.717, 1.165) is 23.9 Å². The van der Waals surface area contributed by atoms with Gasteiger partial charge in [0.25, 0.3) is 5.95 Å². The van der Waals surface area contributed by atoms with Gasteiger partial charge in [0.2, 0.25) is 6.39 Å². The van der Waals surface area contributed by atoms with E-state index in [9.17, 15) is 9.59 Å². The second kappa shape index (κ2) is 6.99. The first-order valence-corrected chi connectivity index (χ1v) is 7.59. The normalized spacial score (nSPS) is 18.7.